The molecule has 94 valence electrons. The quantitative estimate of drug-likeness (QED) is 0.870. The van der Waals surface area contributed by atoms with Crippen molar-refractivity contribution in [3.8, 4) is 0 Å². The predicted molar refractivity (Wildman–Crippen MR) is 74.3 cm³/mol. The number of hydrogen-bond donors (Lipinski definition) is 2. The first-order valence-corrected chi connectivity index (χ1v) is 6.74. The van der Waals surface area contributed by atoms with Crippen LogP contribution in [0.3, 0.4) is 0 Å². The van der Waals surface area contributed by atoms with Crippen molar-refractivity contribution in [1.29, 1.82) is 0 Å². The van der Waals surface area contributed by atoms with Crippen LogP contribution < -0.4 is 10.6 Å². The van der Waals surface area contributed by atoms with Gasteiger partial charge in [-0.2, -0.15) is 0 Å². The topological polar surface area (TPSA) is 37.0 Å². The van der Waals surface area contributed by atoms with Gasteiger partial charge in [0.1, 0.15) is 11.6 Å². The molecule has 1 saturated carbocycles. The molecule has 1 aliphatic rings. The van der Waals surface area contributed by atoms with E-state index in [2.05, 4.69) is 15.6 Å². The van der Waals surface area contributed by atoms with Crippen LogP contribution in [0.15, 0.2) is 6.07 Å². The Morgan fingerprint density at radius 3 is 2.53 bits per heavy atom. The lowest BCUT2D eigenvalue weighted by Crippen LogP contribution is -2.12. The zero-order valence-corrected chi connectivity index (χ0v) is 11.4. The van der Waals surface area contributed by atoms with Gasteiger partial charge in [-0.25, -0.2) is 4.98 Å². The summed E-state index contributed by atoms with van der Waals surface area (Å²) >= 11 is 12.1. The third-order valence-corrected chi connectivity index (χ3v) is 3.78. The molecule has 2 N–H and O–H groups in total. The van der Waals surface area contributed by atoms with E-state index in [1.807, 2.05) is 0 Å². The molecular formula is C12H17Cl2N3. The van der Waals surface area contributed by atoms with Crippen LogP contribution in [0.25, 0.3) is 0 Å². The lowest BCUT2D eigenvalue weighted by atomic mass is 10.1. The maximum atomic E-state index is 6.11. The molecule has 0 saturated heterocycles. The molecule has 1 aliphatic carbocycles. The smallest absolute Gasteiger partial charge is 0.147 e. The molecule has 0 unspecified atom stereocenters. The highest BCUT2D eigenvalue weighted by atomic mass is 35.5. The van der Waals surface area contributed by atoms with Crippen LogP contribution in [0.4, 0.5) is 11.6 Å². The summed E-state index contributed by atoms with van der Waals surface area (Å²) in [5.74, 6) is 2.12. The summed E-state index contributed by atoms with van der Waals surface area (Å²) < 4.78 is 0. The Bertz CT molecular complexity index is 390. The molecule has 1 heterocycles. The number of nitrogens with zero attached hydrogens (tertiary/aromatic N) is 1. The first-order chi connectivity index (χ1) is 8.20. The SMILES string of the molecule is CNc1nc(NCC2CCCC2)c(Cl)cc1Cl. The van der Waals surface area contributed by atoms with Gasteiger partial charge in [0.15, 0.2) is 0 Å². The average Bonchev–Trinajstić information content (AvgIpc) is 2.81. The zero-order valence-electron chi connectivity index (χ0n) is 9.89. The molecular weight excluding hydrogens is 257 g/mol. The van der Waals surface area contributed by atoms with E-state index in [1.54, 1.807) is 13.1 Å². The molecule has 0 amide bonds. The summed E-state index contributed by atoms with van der Waals surface area (Å²) in [4.78, 5) is 4.37. The minimum atomic E-state index is 0.545. The van der Waals surface area contributed by atoms with Crippen molar-refractivity contribution < 1.29 is 0 Å². The molecule has 3 nitrogen and oxygen atoms in total. The second kappa shape index (κ2) is 5.78. The van der Waals surface area contributed by atoms with E-state index in [0.29, 0.717) is 21.7 Å². The van der Waals surface area contributed by atoms with Gasteiger partial charge in [0.05, 0.1) is 10.0 Å². The summed E-state index contributed by atoms with van der Waals surface area (Å²) in [6.07, 6.45) is 5.29. The summed E-state index contributed by atoms with van der Waals surface area (Å²) in [6, 6.07) is 1.72. The minimum Gasteiger partial charge on any atom is -0.372 e. The summed E-state index contributed by atoms with van der Waals surface area (Å²) in [5, 5.41) is 7.39. The highest BCUT2D eigenvalue weighted by Gasteiger charge is 2.16. The molecule has 0 bridgehead atoms. The van der Waals surface area contributed by atoms with E-state index in [-0.39, 0.29) is 0 Å². The third-order valence-electron chi connectivity index (χ3n) is 3.20. The van der Waals surface area contributed by atoms with E-state index in [9.17, 15) is 0 Å². The van der Waals surface area contributed by atoms with Crippen molar-refractivity contribution in [3.05, 3.63) is 16.1 Å². The fourth-order valence-electron chi connectivity index (χ4n) is 2.22. The lowest BCUT2D eigenvalue weighted by Gasteiger charge is -2.13. The molecule has 1 aromatic heterocycles. The van der Waals surface area contributed by atoms with E-state index in [4.69, 9.17) is 23.2 Å². The van der Waals surface area contributed by atoms with Crippen LogP contribution in [-0.2, 0) is 0 Å². The number of pyridine rings is 1. The highest BCUT2D eigenvalue weighted by Crippen LogP contribution is 2.30. The highest BCUT2D eigenvalue weighted by molar-refractivity contribution is 6.37. The fraction of sp³-hybridized carbons (Fsp3) is 0.583. The van der Waals surface area contributed by atoms with Crippen LogP contribution in [0.5, 0.6) is 0 Å². The zero-order chi connectivity index (χ0) is 12.3. The van der Waals surface area contributed by atoms with Crippen molar-refractivity contribution in [2.24, 2.45) is 5.92 Å². The number of hydrogen-bond acceptors (Lipinski definition) is 3. The summed E-state index contributed by atoms with van der Waals surface area (Å²) in [7, 11) is 1.79. The molecule has 0 spiro atoms. The third kappa shape index (κ3) is 3.17. The van der Waals surface area contributed by atoms with Gasteiger partial charge in [-0.05, 0) is 24.8 Å². The fourth-order valence-corrected chi connectivity index (χ4v) is 2.74. The monoisotopic (exact) mass is 273 g/mol. The van der Waals surface area contributed by atoms with E-state index in [1.165, 1.54) is 25.7 Å². The Hall–Kier alpha value is -0.670. The van der Waals surface area contributed by atoms with Crippen LogP contribution in [-0.4, -0.2) is 18.6 Å². The lowest BCUT2D eigenvalue weighted by molar-refractivity contribution is 0.579. The standard InChI is InChI=1S/C12H17Cl2N3/c1-15-11-9(13)6-10(14)12(17-11)16-7-8-4-2-3-5-8/h6,8H,2-5,7H2,1H3,(H2,15,16,17). The molecule has 1 aromatic rings. The van der Waals surface area contributed by atoms with Gasteiger partial charge in [-0.3, -0.25) is 0 Å². The number of halogens is 2. The molecule has 1 fully saturated rings. The van der Waals surface area contributed by atoms with Gasteiger partial charge in [-0.1, -0.05) is 36.0 Å². The van der Waals surface area contributed by atoms with Crippen LogP contribution >= 0.6 is 23.2 Å². The van der Waals surface area contributed by atoms with Crippen molar-refractivity contribution in [2.45, 2.75) is 25.7 Å². The van der Waals surface area contributed by atoms with Crippen molar-refractivity contribution in [2.75, 3.05) is 24.2 Å². The van der Waals surface area contributed by atoms with Gasteiger partial charge in [0, 0.05) is 13.6 Å². The van der Waals surface area contributed by atoms with Crippen molar-refractivity contribution in [1.82, 2.24) is 4.98 Å². The summed E-state index contributed by atoms with van der Waals surface area (Å²) in [5.41, 5.74) is 0. The van der Waals surface area contributed by atoms with Gasteiger partial charge in [0.2, 0.25) is 0 Å². The number of aromatic nitrogens is 1. The van der Waals surface area contributed by atoms with E-state index >= 15 is 0 Å². The number of rotatable bonds is 4. The second-order valence-corrected chi connectivity index (χ2v) is 5.25. The van der Waals surface area contributed by atoms with Gasteiger partial charge in [0.25, 0.3) is 0 Å². The Morgan fingerprint density at radius 2 is 1.88 bits per heavy atom. The van der Waals surface area contributed by atoms with Gasteiger partial charge < -0.3 is 10.6 Å². The first kappa shape index (κ1) is 12.8. The second-order valence-electron chi connectivity index (χ2n) is 4.43. The van der Waals surface area contributed by atoms with E-state index < -0.39 is 0 Å². The molecule has 0 aromatic carbocycles. The number of anilines is 2. The van der Waals surface area contributed by atoms with Gasteiger partial charge in [-0.15, -0.1) is 0 Å². The maximum absolute atomic E-state index is 6.11. The molecule has 0 aliphatic heterocycles. The largest absolute Gasteiger partial charge is 0.372 e. The first-order valence-electron chi connectivity index (χ1n) is 5.98. The van der Waals surface area contributed by atoms with Crippen LogP contribution in [0, 0.1) is 5.92 Å². The molecule has 17 heavy (non-hydrogen) atoms. The Balaban J connectivity index is 2.03. The molecule has 2 rings (SSSR count). The van der Waals surface area contributed by atoms with Crippen molar-refractivity contribution >= 4 is 34.8 Å². The Morgan fingerprint density at radius 1 is 1.24 bits per heavy atom. The maximum Gasteiger partial charge on any atom is 0.147 e. The van der Waals surface area contributed by atoms with Crippen LogP contribution in [0.2, 0.25) is 10.0 Å². The van der Waals surface area contributed by atoms with Crippen molar-refractivity contribution in [3.63, 3.8) is 0 Å². The van der Waals surface area contributed by atoms with E-state index in [0.717, 1.165) is 12.5 Å². The molecule has 0 atom stereocenters. The predicted octanol–water partition coefficient (Wildman–Crippen LogP) is 4.03. The normalized spacial score (nSPS) is 16.2. The minimum absolute atomic E-state index is 0.545. The van der Waals surface area contributed by atoms with Crippen LogP contribution in [0.1, 0.15) is 25.7 Å². The molecule has 5 heteroatoms. The number of nitrogens with one attached hydrogen (secondary N) is 2. The summed E-state index contributed by atoms with van der Waals surface area (Å²) in [6.45, 7) is 0.942. The Kier molecular flexibility index (Phi) is 4.35. The van der Waals surface area contributed by atoms with Gasteiger partial charge >= 0.3 is 0 Å². The molecule has 0 radical (unpaired) electrons. The average molecular weight is 274 g/mol. The Labute approximate surface area is 112 Å².